The van der Waals surface area contributed by atoms with Gasteiger partial charge in [-0.05, 0) is 18.3 Å². The first-order valence-corrected chi connectivity index (χ1v) is 7.08. The highest BCUT2D eigenvalue weighted by Crippen LogP contribution is 2.30. The second-order valence-electron chi connectivity index (χ2n) is 6.23. The van der Waals surface area contributed by atoms with Gasteiger partial charge < -0.3 is 10.6 Å². The quantitative estimate of drug-likeness (QED) is 0.782. The van der Waals surface area contributed by atoms with Gasteiger partial charge in [-0.15, -0.1) is 0 Å². The van der Waals surface area contributed by atoms with Crippen LogP contribution in [0.1, 0.15) is 47.0 Å². The molecule has 0 saturated heterocycles. The molecule has 3 heteroatoms. The molecule has 104 valence electrons. The van der Waals surface area contributed by atoms with Crippen LogP contribution in [-0.4, -0.2) is 30.4 Å². The van der Waals surface area contributed by atoms with Crippen LogP contribution < -0.4 is 5.73 Å². The first-order valence-electron chi connectivity index (χ1n) is 7.08. The summed E-state index contributed by atoms with van der Waals surface area (Å²) in [6.45, 7) is 10.9. The molecular weight excluding hydrogens is 224 g/mol. The van der Waals surface area contributed by atoms with Crippen LogP contribution in [0.4, 0.5) is 0 Å². The SMILES string of the molecule is CCCC(CN)C(=O)N1CC=C(C(C)(C)C)CC1. The molecule has 3 nitrogen and oxygen atoms in total. The van der Waals surface area contributed by atoms with Crippen LogP contribution in [0, 0.1) is 11.3 Å². The summed E-state index contributed by atoms with van der Waals surface area (Å²) in [4.78, 5) is 14.3. The molecule has 0 saturated carbocycles. The summed E-state index contributed by atoms with van der Waals surface area (Å²) < 4.78 is 0. The molecule has 0 aromatic rings. The third-order valence-electron chi connectivity index (χ3n) is 3.76. The summed E-state index contributed by atoms with van der Waals surface area (Å²) in [6.07, 6.45) is 5.14. The summed E-state index contributed by atoms with van der Waals surface area (Å²) in [6, 6.07) is 0. The summed E-state index contributed by atoms with van der Waals surface area (Å²) in [7, 11) is 0. The van der Waals surface area contributed by atoms with Crippen LogP contribution in [0.3, 0.4) is 0 Å². The molecule has 18 heavy (non-hydrogen) atoms. The average molecular weight is 252 g/mol. The molecular formula is C15H28N2O. The van der Waals surface area contributed by atoms with E-state index in [2.05, 4.69) is 33.8 Å². The average Bonchev–Trinajstić information content (AvgIpc) is 2.34. The molecule has 0 aliphatic carbocycles. The fourth-order valence-electron chi connectivity index (χ4n) is 2.50. The zero-order valence-electron chi connectivity index (χ0n) is 12.3. The van der Waals surface area contributed by atoms with Crippen molar-refractivity contribution in [3.63, 3.8) is 0 Å². The number of hydrogen-bond acceptors (Lipinski definition) is 2. The van der Waals surface area contributed by atoms with E-state index in [0.717, 1.165) is 32.4 Å². The van der Waals surface area contributed by atoms with Crippen molar-refractivity contribution in [2.24, 2.45) is 17.1 Å². The predicted octanol–water partition coefficient (Wildman–Crippen LogP) is 2.57. The molecule has 0 aromatic carbocycles. The maximum absolute atomic E-state index is 12.3. The van der Waals surface area contributed by atoms with Gasteiger partial charge in [0.15, 0.2) is 0 Å². The van der Waals surface area contributed by atoms with E-state index >= 15 is 0 Å². The Hall–Kier alpha value is -0.830. The van der Waals surface area contributed by atoms with E-state index in [1.54, 1.807) is 0 Å². The number of rotatable bonds is 4. The second-order valence-corrected chi connectivity index (χ2v) is 6.23. The van der Waals surface area contributed by atoms with Gasteiger partial charge in [-0.2, -0.15) is 0 Å². The molecule has 1 aliphatic rings. The van der Waals surface area contributed by atoms with Gasteiger partial charge in [0.05, 0.1) is 5.92 Å². The Kier molecular flexibility index (Phi) is 5.39. The molecule has 1 unspecified atom stereocenters. The molecule has 0 radical (unpaired) electrons. The third-order valence-corrected chi connectivity index (χ3v) is 3.76. The van der Waals surface area contributed by atoms with E-state index < -0.39 is 0 Å². The summed E-state index contributed by atoms with van der Waals surface area (Å²) >= 11 is 0. The maximum Gasteiger partial charge on any atom is 0.227 e. The van der Waals surface area contributed by atoms with Gasteiger partial charge in [0.25, 0.3) is 0 Å². The van der Waals surface area contributed by atoms with Crippen molar-refractivity contribution in [3.8, 4) is 0 Å². The van der Waals surface area contributed by atoms with Gasteiger partial charge in [-0.25, -0.2) is 0 Å². The van der Waals surface area contributed by atoms with Crippen molar-refractivity contribution in [2.75, 3.05) is 19.6 Å². The monoisotopic (exact) mass is 252 g/mol. The number of hydrogen-bond donors (Lipinski definition) is 1. The van der Waals surface area contributed by atoms with Gasteiger partial charge in [0.1, 0.15) is 0 Å². The molecule has 1 rings (SSSR count). The lowest BCUT2D eigenvalue weighted by atomic mass is 9.83. The van der Waals surface area contributed by atoms with Gasteiger partial charge in [0, 0.05) is 19.6 Å². The maximum atomic E-state index is 12.3. The number of carbonyl (C=O) groups is 1. The minimum absolute atomic E-state index is 0.0135. The van der Waals surface area contributed by atoms with Gasteiger partial charge >= 0.3 is 0 Å². The zero-order valence-corrected chi connectivity index (χ0v) is 12.3. The first kappa shape index (κ1) is 15.2. The van der Waals surface area contributed by atoms with E-state index in [1.165, 1.54) is 5.57 Å². The number of carbonyl (C=O) groups excluding carboxylic acids is 1. The molecule has 1 heterocycles. The standard InChI is InChI=1S/C15H28N2O/c1-5-6-12(11-16)14(18)17-9-7-13(8-10-17)15(2,3)4/h7,12H,5-6,8-11,16H2,1-4H3. The Morgan fingerprint density at radius 3 is 2.56 bits per heavy atom. The molecule has 0 bridgehead atoms. The summed E-state index contributed by atoms with van der Waals surface area (Å²) in [5.74, 6) is 0.253. The van der Waals surface area contributed by atoms with Crippen LogP contribution in [-0.2, 0) is 4.79 Å². The summed E-state index contributed by atoms with van der Waals surface area (Å²) in [5, 5.41) is 0. The Morgan fingerprint density at radius 2 is 2.17 bits per heavy atom. The second kappa shape index (κ2) is 6.37. The largest absolute Gasteiger partial charge is 0.338 e. The van der Waals surface area contributed by atoms with Crippen LogP contribution >= 0.6 is 0 Å². The van der Waals surface area contributed by atoms with Crippen LogP contribution in [0.25, 0.3) is 0 Å². The summed E-state index contributed by atoms with van der Waals surface area (Å²) in [5.41, 5.74) is 7.39. The minimum Gasteiger partial charge on any atom is -0.338 e. The molecule has 1 amide bonds. The molecule has 1 atom stereocenters. The Bertz CT molecular complexity index is 315. The van der Waals surface area contributed by atoms with Gasteiger partial charge in [-0.3, -0.25) is 4.79 Å². The van der Waals surface area contributed by atoms with Gasteiger partial charge in [0.2, 0.25) is 5.91 Å². The molecule has 0 fully saturated rings. The Labute approximate surface area is 111 Å². The fourth-order valence-corrected chi connectivity index (χ4v) is 2.50. The van der Waals surface area contributed by atoms with Crippen LogP contribution in [0.15, 0.2) is 11.6 Å². The highest BCUT2D eigenvalue weighted by molar-refractivity contribution is 5.79. The van der Waals surface area contributed by atoms with Crippen molar-refractivity contribution in [1.29, 1.82) is 0 Å². The number of nitrogens with zero attached hydrogens (tertiary/aromatic N) is 1. The number of amides is 1. The normalized spacial score (nSPS) is 18.5. The number of nitrogens with two attached hydrogens (primary N) is 1. The topological polar surface area (TPSA) is 46.3 Å². The van der Waals surface area contributed by atoms with Crippen molar-refractivity contribution < 1.29 is 4.79 Å². The molecule has 2 N–H and O–H groups in total. The van der Waals surface area contributed by atoms with Gasteiger partial charge in [-0.1, -0.05) is 45.8 Å². The van der Waals surface area contributed by atoms with E-state index in [9.17, 15) is 4.79 Å². The van der Waals surface area contributed by atoms with E-state index in [0.29, 0.717) is 6.54 Å². The fraction of sp³-hybridized carbons (Fsp3) is 0.800. The molecule has 1 aliphatic heterocycles. The zero-order chi connectivity index (χ0) is 13.8. The lowest BCUT2D eigenvalue weighted by Crippen LogP contribution is -2.42. The van der Waals surface area contributed by atoms with Crippen molar-refractivity contribution in [3.05, 3.63) is 11.6 Å². The van der Waals surface area contributed by atoms with E-state index in [1.807, 2.05) is 4.90 Å². The Balaban J connectivity index is 2.62. The molecule has 0 spiro atoms. The first-order chi connectivity index (χ1) is 8.40. The van der Waals surface area contributed by atoms with Crippen molar-refractivity contribution in [2.45, 2.75) is 47.0 Å². The van der Waals surface area contributed by atoms with E-state index in [4.69, 9.17) is 5.73 Å². The Morgan fingerprint density at radius 1 is 1.50 bits per heavy atom. The van der Waals surface area contributed by atoms with Crippen molar-refractivity contribution in [1.82, 2.24) is 4.90 Å². The smallest absolute Gasteiger partial charge is 0.227 e. The molecule has 0 aromatic heterocycles. The van der Waals surface area contributed by atoms with Crippen molar-refractivity contribution >= 4 is 5.91 Å². The lowest BCUT2D eigenvalue weighted by molar-refractivity contribution is -0.135. The van der Waals surface area contributed by atoms with E-state index in [-0.39, 0.29) is 17.2 Å². The predicted molar refractivity (Wildman–Crippen MR) is 76.2 cm³/mol. The lowest BCUT2D eigenvalue weighted by Gasteiger charge is -2.33. The minimum atomic E-state index is 0.0135. The highest BCUT2D eigenvalue weighted by Gasteiger charge is 2.26. The van der Waals surface area contributed by atoms with Crippen LogP contribution in [0.5, 0.6) is 0 Å². The van der Waals surface area contributed by atoms with Crippen LogP contribution in [0.2, 0.25) is 0 Å². The third kappa shape index (κ3) is 3.84. The highest BCUT2D eigenvalue weighted by atomic mass is 16.2.